The fourth-order valence-corrected chi connectivity index (χ4v) is 4.03. The van der Waals surface area contributed by atoms with Gasteiger partial charge in [-0.3, -0.25) is 14.7 Å². The van der Waals surface area contributed by atoms with Crippen molar-refractivity contribution in [3.8, 4) is 0 Å². The molecule has 0 bridgehead atoms. The first kappa shape index (κ1) is 25.7. The van der Waals surface area contributed by atoms with E-state index in [4.69, 9.17) is 0 Å². The zero-order chi connectivity index (χ0) is 21.7. The molecule has 0 spiro atoms. The molecule has 6 nitrogen and oxygen atoms in total. The molecule has 0 saturated carbocycles. The number of piperazine rings is 1. The number of anilines is 1. The highest BCUT2D eigenvalue weighted by Crippen LogP contribution is 2.28. The summed E-state index contributed by atoms with van der Waals surface area (Å²) in [6.07, 6.45) is -2.20. The van der Waals surface area contributed by atoms with E-state index >= 15 is 0 Å². The monoisotopic (exact) mass is 553 g/mol. The summed E-state index contributed by atoms with van der Waals surface area (Å²) in [6, 6.07) is 6.55. The molecule has 0 aromatic heterocycles. The summed E-state index contributed by atoms with van der Waals surface area (Å²) < 4.78 is 38.7. The lowest BCUT2D eigenvalue weighted by Crippen LogP contribution is -2.56. The molecule has 2 aliphatic heterocycles. The standard InChI is InChI=1S/C21H30F3N5O.HI/c1-16(21(22,23)24)27-12-14-28(15-13-27)20(25-2)26-10-5-8-19(30)29-11-9-17-6-3-4-7-18(17)29;/h3-4,6-7,16H,5,8-15H2,1-2H3,(H,25,26);1H. The Labute approximate surface area is 198 Å². The van der Waals surface area contributed by atoms with Crippen molar-refractivity contribution in [3.05, 3.63) is 29.8 Å². The Morgan fingerprint density at radius 2 is 1.84 bits per heavy atom. The number of fused-ring (bicyclic) bond motifs is 1. The third-order valence-corrected chi connectivity index (χ3v) is 5.89. The highest BCUT2D eigenvalue weighted by atomic mass is 127. The van der Waals surface area contributed by atoms with Gasteiger partial charge in [0, 0.05) is 58.4 Å². The van der Waals surface area contributed by atoms with Crippen molar-refractivity contribution >= 4 is 41.5 Å². The lowest BCUT2D eigenvalue weighted by molar-refractivity contribution is -0.181. The van der Waals surface area contributed by atoms with E-state index in [1.807, 2.05) is 28.0 Å². The van der Waals surface area contributed by atoms with Crippen molar-refractivity contribution < 1.29 is 18.0 Å². The average molecular weight is 553 g/mol. The summed E-state index contributed by atoms with van der Waals surface area (Å²) in [5.41, 5.74) is 2.22. The molecule has 174 valence electrons. The molecule has 1 atom stereocenters. The molecule has 1 aromatic carbocycles. The minimum Gasteiger partial charge on any atom is -0.356 e. The van der Waals surface area contributed by atoms with Crippen molar-refractivity contribution in [2.75, 3.05) is 51.2 Å². The van der Waals surface area contributed by atoms with E-state index in [1.54, 1.807) is 7.05 Å². The lowest BCUT2D eigenvalue weighted by atomic mass is 10.2. The smallest absolute Gasteiger partial charge is 0.356 e. The van der Waals surface area contributed by atoms with Gasteiger partial charge in [0.05, 0.1) is 0 Å². The number of rotatable bonds is 5. The van der Waals surface area contributed by atoms with Crippen LogP contribution in [-0.2, 0) is 11.2 Å². The number of alkyl halides is 3. The molecule has 31 heavy (non-hydrogen) atoms. The normalized spacial score (nSPS) is 18.4. The van der Waals surface area contributed by atoms with Gasteiger partial charge in [0.25, 0.3) is 0 Å². The number of nitrogens with zero attached hydrogens (tertiary/aromatic N) is 4. The van der Waals surface area contributed by atoms with E-state index < -0.39 is 12.2 Å². The summed E-state index contributed by atoms with van der Waals surface area (Å²) >= 11 is 0. The van der Waals surface area contributed by atoms with Crippen LogP contribution in [0.2, 0.25) is 0 Å². The van der Waals surface area contributed by atoms with Crippen LogP contribution >= 0.6 is 24.0 Å². The second-order valence-corrected chi connectivity index (χ2v) is 7.74. The maximum atomic E-state index is 12.9. The molecule has 1 unspecified atom stereocenters. The van der Waals surface area contributed by atoms with Crippen LogP contribution in [0.3, 0.4) is 0 Å². The van der Waals surface area contributed by atoms with E-state index in [9.17, 15) is 18.0 Å². The maximum Gasteiger partial charge on any atom is 0.403 e. The van der Waals surface area contributed by atoms with Crippen LogP contribution in [0.1, 0.15) is 25.3 Å². The predicted molar refractivity (Wildman–Crippen MR) is 127 cm³/mol. The zero-order valence-electron chi connectivity index (χ0n) is 18.0. The molecule has 1 amide bonds. The minimum absolute atomic E-state index is 0. The fraction of sp³-hybridized carbons (Fsp3) is 0.619. The van der Waals surface area contributed by atoms with Gasteiger partial charge in [0.15, 0.2) is 5.96 Å². The fourth-order valence-electron chi connectivity index (χ4n) is 4.03. The van der Waals surface area contributed by atoms with Crippen molar-refractivity contribution in [1.82, 2.24) is 15.1 Å². The minimum atomic E-state index is -4.20. The number of para-hydroxylation sites is 1. The number of hydrogen-bond acceptors (Lipinski definition) is 3. The predicted octanol–water partition coefficient (Wildman–Crippen LogP) is 3.12. The molecule has 1 saturated heterocycles. The van der Waals surface area contributed by atoms with Crippen LogP contribution < -0.4 is 10.2 Å². The first-order valence-electron chi connectivity index (χ1n) is 10.5. The van der Waals surface area contributed by atoms with E-state index in [0.29, 0.717) is 51.5 Å². The van der Waals surface area contributed by atoms with E-state index in [0.717, 1.165) is 18.7 Å². The summed E-state index contributed by atoms with van der Waals surface area (Å²) in [5, 5.41) is 3.24. The maximum absolute atomic E-state index is 12.9. The zero-order valence-corrected chi connectivity index (χ0v) is 20.3. The van der Waals surface area contributed by atoms with Gasteiger partial charge in [0.2, 0.25) is 5.91 Å². The summed E-state index contributed by atoms with van der Waals surface area (Å²) in [4.78, 5) is 22.1. The number of aliphatic imine (C=N–C) groups is 1. The van der Waals surface area contributed by atoms with Crippen LogP contribution in [0.25, 0.3) is 0 Å². The van der Waals surface area contributed by atoms with Crippen LogP contribution in [0.5, 0.6) is 0 Å². The van der Waals surface area contributed by atoms with E-state index in [2.05, 4.69) is 16.4 Å². The lowest BCUT2D eigenvalue weighted by Gasteiger charge is -2.39. The van der Waals surface area contributed by atoms with Gasteiger partial charge in [-0.2, -0.15) is 13.2 Å². The first-order chi connectivity index (χ1) is 14.3. The number of amides is 1. The number of guanidine groups is 1. The van der Waals surface area contributed by atoms with Crippen LogP contribution in [0, 0.1) is 0 Å². The summed E-state index contributed by atoms with van der Waals surface area (Å²) in [7, 11) is 1.67. The molecule has 3 rings (SSSR count). The molecule has 0 aliphatic carbocycles. The average Bonchev–Trinajstić information content (AvgIpc) is 3.17. The topological polar surface area (TPSA) is 51.2 Å². The van der Waals surface area contributed by atoms with Gasteiger partial charge in [-0.25, -0.2) is 0 Å². The Balaban J connectivity index is 0.00000341. The molecule has 10 heteroatoms. The quantitative estimate of drug-likeness (QED) is 0.264. The van der Waals surface area contributed by atoms with Crippen LogP contribution in [0.15, 0.2) is 29.3 Å². The largest absolute Gasteiger partial charge is 0.403 e. The summed E-state index contributed by atoms with van der Waals surface area (Å²) in [6.45, 7) is 4.19. The van der Waals surface area contributed by atoms with Crippen molar-refractivity contribution in [1.29, 1.82) is 0 Å². The Morgan fingerprint density at radius 1 is 1.16 bits per heavy atom. The third kappa shape index (κ3) is 6.47. The highest BCUT2D eigenvalue weighted by Gasteiger charge is 2.41. The van der Waals surface area contributed by atoms with E-state index in [1.165, 1.54) is 17.4 Å². The number of benzene rings is 1. The number of carbonyl (C=O) groups is 1. The van der Waals surface area contributed by atoms with Gasteiger partial charge in [-0.1, -0.05) is 18.2 Å². The Bertz CT molecular complexity index is 766. The van der Waals surface area contributed by atoms with Gasteiger partial charge in [0.1, 0.15) is 6.04 Å². The molecular weight excluding hydrogens is 522 g/mol. The highest BCUT2D eigenvalue weighted by molar-refractivity contribution is 14.0. The Kier molecular flexibility index (Phi) is 9.41. The number of carbonyl (C=O) groups excluding carboxylic acids is 1. The van der Waals surface area contributed by atoms with Crippen LogP contribution in [-0.4, -0.2) is 80.2 Å². The van der Waals surface area contributed by atoms with Crippen molar-refractivity contribution in [2.24, 2.45) is 4.99 Å². The number of halogens is 4. The molecule has 2 aliphatic rings. The molecule has 1 fully saturated rings. The SMILES string of the molecule is CN=C(NCCCC(=O)N1CCc2ccccc21)N1CCN(C(C)C(F)(F)F)CC1.I. The van der Waals surface area contributed by atoms with Crippen LogP contribution in [0.4, 0.5) is 18.9 Å². The first-order valence-corrected chi connectivity index (χ1v) is 10.5. The Morgan fingerprint density at radius 3 is 2.48 bits per heavy atom. The van der Waals surface area contributed by atoms with Gasteiger partial charge >= 0.3 is 6.18 Å². The van der Waals surface area contributed by atoms with Gasteiger partial charge < -0.3 is 15.1 Å². The second kappa shape index (κ2) is 11.3. The molecule has 1 aromatic rings. The van der Waals surface area contributed by atoms with E-state index in [-0.39, 0.29) is 29.9 Å². The van der Waals surface area contributed by atoms with Crippen molar-refractivity contribution in [3.63, 3.8) is 0 Å². The van der Waals surface area contributed by atoms with Gasteiger partial charge in [-0.15, -0.1) is 24.0 Å². The van der Waals surface area contributed by atoms with Crippen molar-refractivity contribution in [2.45, 2.75) is 38.4 Å². The number of nitrogens with one attached hydrogen (secondary N) is 1. The molecule has 0 radical (unpaired) electrons. The third-order valence-electron chi connectivity index (χ3n) is 5.89. The molecule has 1 N–H and O–H groups in total. The molecular formula is C21H31F3IN5O. The summed E-state index contributed by atoms with van der Waals surface area (Å²) in [5.74, 6) is 0.791. The van der Waals surface area contributed by atoms with Gasteiger partial charge in [-0.05, 0) is 31.4 Å². The molecule has 2 heterocycles. The number of hydrogen-bond donors (Lipinski definition) is 1. The second-order valence-electron chi connectivity index (χ2n) is 7.74. The Hall–Kier alpha value is -1.56.